The number of rotatable bonds is 14. The summed E-state index contributed by atoms with van der Waals surface area (Å²) in [7, 11) is 0. The van der Waals surface area contributed by atoms with Crippen LogP contribution in [0.5, 0.6) is 0 Å². The number of halogens is 1. The fraction of sp³-hybridized carbons (Fsp3) is 0.957. The lowest BCUT2D eigenvalue weighted by Gasteiger charge is -2.33. The molecule has 0 N–H and O–H groups in total. The largest absolute Gasteiger partial charge is 0.247 e. The normalized spacial score (nSPS) is 24.0. The summed E-state index contributed by atoms with van der Waals surface area (Å²) < 4.78 is 14.1. The van der Waals surface area contributed by atoms with Gasteiger partial charge in [-0.15, -0.1) is 0 Å². The molecule has 2 unspecified atom stereocenters. The van der Waals surface area contributed by atoms with Gasteiger partial charge in [-0.05, 0) is 49.9 Å². The van der Waals surface area contributed by atoms with Crippen molar-refractivity contribution in [2.75, 3.05) is 0 Å². The molecule has 1 heteroatoms. The van der Waals surface area contributed by atoms with Crippen LogP contribution < -0.4 is 0 Å². The van der Waals surface area contributed by atoms with Crippen molar-refractivity contribution in [2.45, 2.75) is 123 Å². The second-order valence-corrected chi connectivity index (χ2v) is 8.44. The van der Waals surface area contributed by atoms with Crippen LogP contribution >= 0.6 is 0 Å². The van der Waals surface area contributed by atoms with E-state index in [4.69, 9.17) is 0 Å². The van der Waals surface area contributed by atoms with Gasteiger partial charge in [0.1, 0.15) is 6.17 Å². The first-order chi connectivity index (χ1) is 11.7. The van der Waals surface area contributed by atoms with Crippen LogP contribution in [-0.4, -0.2) is 6.17 Å². The Morgan fingerprint density at radius 1 is 0.875 bits per heavy atom. The van der Waals surface area contributed by atoms with Crippen LogP contribution in [0, 0.1) is 24.2 Å². The SMILES string of the molecule is CCCCC[CH]C(F)CC(C)[C@H]1CC[C@H](CCCCCCC)CC1. The van der Waals surface area contributed by atoms with E-state index in [1.807, 2.05) is 6.42 Å². The molecular weight excluding hydrogens is 295 g/mol. The van der Waals surface area contributed by atoms with Gasteiger partial charge in [-0.1, -0.05) is 91.4 Å². The van der Waals surface area contributed by atoms with E-state index in [2.05, 4.69) is 20.8 Å². The Bertz CT molecular complexity index is 267. The predicted octanol–water partition coefficient (Wildman–Crippen LogP) is 8.30. The van der Waals surface area contributed by atoms with Gasteiger partial charge >= 0.3 is 0 Å². The van der Waals surface area contributed by atoms with E-state index < -0.39 is 6.17 Å². The van der Waals surface area contributed by atoms with Gasteiger partial charge in [0.15, 0.2) is 0 Å². The molecule has 0 aromatic rings. The number of unbranched alkanes of at least 4 members (excludes halogenated alkanes) is 7. The molecule has 24 heavy (non-hydrogen) atoms. The molecule has 0 spiro atoms. The summed E-state index contributed by atoms with van der Waals surface area (Å²) in [6.45, 7) is 6.78. The van der Waals surface area contributed by atoms with Crippen molar-refractivity contribution in [2.24, 2.45) is 17.8 Å². The molecule has 1 radical (unpaired) electrons. The van der Waals surface area contributed by atoms with Crippen molar-refractivity contribution in [3.8, 4) is 0 Å². The fourth-order valence-corrected chi connectivity index (χ4v) is 4.42. The number of alkyl halides is 1. The zero-order chi connectivity index (χ0) is 17.6. The van der Waals surface area contributed by atoms with Crippen LogP contribution in [0.3, 0.4) is 0 Å². The molecule has 1 aliphatic carbocycles. The number of hydrogen-bond acceptors (Lipinski definition) is 0. The van der Waals surface area contributed by atoms with Gasteiger partial charge in [-0.3, -0.25) is 0 Å². The maximum absolute atomic E-state index is 14.1. The lowest BCUT2D eigenvalue weighted by molar-refractivity contribution is 0.174. The van der Waals surface area contributed by atoms with E-state index >= 15 is 0 Å². The molecule has 1 aliphatic rings. The highest BCUT2D eigenvalue weighted by Crippen LogP contribution is 2.37. The maximum Gasteiger partial charge on any atom is 0.104 e. The Balaban J connectivity index is 2.08. The molecule has 0 amide bonds. The van der Waals surface area contributed by atoms with Crippen LogP contribution in [-0.2, 0) is 0 Å². The monoisotopic (exact) mass is 339 g/mol. The second kappa shape index (κ2) is 14.1. The van der Waals surface area contributed by atoms with E-state index in [-0.39, 0.29) is 0 Å². The molecule has 0 aromatic heterocycles. The van der Waals surface area contributed by atoms with Crippen molar-refractivity contribution in [3.63, 3.8) is 0 Å². The molecule has 0 aliphatic heterocycles. The smallest absolute Gasteiger partial charge is 0.104 e. The lowest BCUT2D eigenvalue weighted by atomic mass is 9.73. The topological polar surface area (TPSA) is 0 Å². The van der Waals surface area contributed by atoms with Gasteiger partial charge in [0, 0.05) is 0 Å². The molecule has 1 saturated carbocycles. The summed E-state index contributed by atoms with van der Waals surface area (Å²) >= 11 is 0. The van der Waals surface area contributed by atoms with Gasteiger partial charge in [-0.25, -0.2) is 4.39 Å². The van der Waals surface area contributed by atoms with Crippen LogP contribution in [0.25, 0.3) is 0 Å². The summed E-state index contributed by atoms with van der Waals surface area (Å²) in [5, 5.41) is 0. The first kappa shape index (κ1) is 22.0. The third-order valence-corrected chi connectivity index (χ3v) is 6.24. The van der Waals surface area contributed by atoms with Crippen LogP contribution in [0.1, 0.15) is 117 Å². The summed E-state index contributed by atoms with van der Waals surface area (Å²) in [6.07, 6.45) is 20.6. The van der Waals surface area contributed by atoms with Gasteiger partial charge in [-0.2, -0.15) is 0 Å². The highest BCUT2D eigenvalue weighted by molar-refractivity contribution is 4.82. The van der Waals surface area contributed by atoms with E-state index in [1.54, 1.807) is 0 Å². The van der Waals surface area contributed by atoms with Gasteiger partial charge in [0.05, 0.1) is 0 Å². The van der Waals surface area contributed by atoms with Crippen molar-refractivity contribution in [1.82, 2.24) is 0 Å². The average Bonchev–Trinajstić information content (AvgIpc) is 2.59. The predicted molar refractivity (Wildman–Crippen MR) is 106 cm³/mol. The molecule has 1 fully saturated rings. The molecule has 2 atom stereocenters. The highest BCUT2D eigenvalue weighted by atomic mass is 19.1. The Kier molecular flexibility index (Phi) is 12.9. The molecule has 1 rings (SSSR count). The fourth-order valence-electron chi connectivity index (χ4n) is 4.42. The van der Waals surface area contributed by atoms with Crippen LogP contribution in [0.2, 0.25) is 0 Å². The summed E-state index contributed by atoms with van der Waals surface area (Å²) in [4.78, 5) is 0. The molecule has 0 saturated heterocycles. The average molecular weight is 340 g/mol. The van der Waals surface area contributed by atoms with Gasteiger partial charge in [0.2, 0.25) is 0 Å². The van der Waals surface area contributed by atoms with Crippen LogP contribution in [0.15, 0.2) is 0 Å². The van der Waals surface area contributed by atoms with Crippen molar-refractivity contribution in [1.29, 1.82) is 0 Å². The minimum atomic E-state index is -0.673. The highest BCUT2D eigenvalue weighted by Gasteiger charge is 2.26. The quantitative estimate of drug-likeness (QED) is 0.279. The van der Waals surface area contributed by atoms with Crippen molar-refractivity contribution < 1.29 is 4.39 Å². The molecule has 0 bridgehead atoms. The van der Waals surface area contributed by atoms with Gasteiger partial charge < -0.3 is 0 Å². The minimum Gasteiger partial charge on any atom is -0.247 e. The Morgan fingerprint density at radius 3 is 2.17 bits per heavy atom. The molecule has 0 nitrogen and oxygen atoms in total. The standard InChI is InChI=1S/C23H44F/c1-4-6-8-10-11-13-21-15-17-22(18-16-21)20(3)19-23(24)14-12-9-7-5-2/h14,20-23H,4-13,15-19H2,1-3H3/t20?,21-,22-,23?. The van der Waals surface area contributed by atoms with E-state index in [0.717, 1.165) is 31.1 Å². The van der Waals surface area contributed by atoms with E-state index in [9.17, 15) is 4.39 Å². The maximum atomic E-state index is 14.1. The van der Waals surface area contributed by atoms with E-state index in [0.29, 0.717) is 5.92 Å². The van der Waals surface area contributed by atoms with Crippen LogP contribution in [0.4, 0.5) is 4.39 Å². The number of hydrogen-bond donors (Lipinski definition) is 0. The molecular formula is C23H44F. The summed E-state index contributed by atoms with van der Waals surface area (Å²) in [5.74, 6) is 2.31. The van der Waals surface area contributed by atoms with Gasteiger partial charge in [0.25, 0.3) is 0 Å². The van der Waals surface area contributed by atoms with Crippen molar-refractivity contribution >= 4 is 0 Å². The Hall–Kier alpha value is -0.0700. The first-order valence-electron chi connectivity index (χ1n) is 11.1. The molecule has 143 valence electrons. The zero-order valence-corrected chi connectivity index (χ0v) is 16.9. The third-order valence-electron chi connectivity index (χ3n) is 6.24. The first-order valence-corrected chi connectivity index (χ1v) is 11.1. The second-order valence-electron chi connectivity index (χ2n) is 8.44. The summed E-state index contributed by atoms with van der Waals surface area (Å²) in [5.41, 5.74) is 0. The summed E-state index contributed by atoms with van der Waals surface area (Å²) in [6, 6.07) is 0. The Morgan fingerprint density at radius 2 is 1.50 bits per heavy atom. The van der Waals surface area contributed by atoms with E-state index in [1.165, 1.54) is 77.0 Å². The Labute approximate surface area is 152 Å². The minimum absolute atomic E-state index is 0.563. The molecule has 0 aromatic carbocycles. The third kappa shape index (κ3) is 10.0. The molecule has 0 heterocycles. The lowest BCUT2D eigenvalue weighted by Crippen LogP contribution is -2.22. The zero-order valence-electron chi connectivity index (χ0n) is 16.9. The van der Waals surface area contributed by atoms with Crippen molar-refractivity contribution in [3.05, 3.63) is 6.42 Å².